The molecule has 0 N–H and O–H groups in total. The Balaban J connectivity index is 2.14. The Morgan fingerprint density at radius 3 is 2.65 bits per heavy atom. The number of ether oxygens (including phenoxy) is 1. The Bertz CT molecular complexity index is 499. The van der Waals surface area contributed by atoms with E-state index >= 15 is 0 Å². The number of carbonyl (C=O) groups is 1. The number of Topliss-reactive ketones (excluding diaryl/α,β-unsaturated/α-hetero) is 1. The lowest BCUT2D eigenvalue weighted by Crippen LogP contribution is -2.23. The van der Waals surface area contributed by atoms with Crippen molar-refractivity contribution in [1.29, 1.82) is 0 Å². The zero-order valence-corrected chi connectivity index (χ0v) is 10.3. The third-order valence-corrected chi connectivity index (χ3v) is 2.34. The van der Waals surface area contributed by atoms with Crippen LogP contribution in [0, 0.1) is 0 Å². The molecule has 2 rings (SSSR count). The molecule has 0 bridgehead atoms. The molecule has 0 aliphatic rings. The highest BCUT2D eigenvalue weighted by Gasteiger charge is 2.16. The summed E-state index contributed by atoms with van der Waals surface area (Å²) in [6, 6.07) is 9.31. The molecule has 3 heteroatoms. The zero-order valence-electron chi connectivity index (χ0n) is 10.3. The standard InChI is InChI=1S/C14H16O3/c1-14(2,3)16-9-11(15)13-8-10-6-4-5-7-12(10)17-13/h4-8H,9H2,1-3H3. The Kier molecular flexibility index (Phi) is 3.03. The first-order chi connectivity index (χ1) is 7.96. The summed E-state index contributed by atoms with van der Waals surface area (Å²) in [5.74, 6) is 0.228. The fraction of sp³-hybridized carbons (Fsp3) is 0.357. The maximum Gasteiger partial charge on any atom is 0.223 e. The van der Waals surface area contributed by atoms with Crippen molar-refractivity contribution in [3.05, 3.63) is 36.1 Å². The van der Waals surface area contributed by atoms with E-state index in [1.54, 1.807) is 6.07 Å². The predicted octanol–water partition coefficient (Wildman–Crippen LogP) is 3.43. The molecular formula is C14H16O3. The van der Waals surface area contributed by atoms with Gasteiger partial charge in [0.25, 0.3) is 0 Å². The van der Waals surface area contributed by atoms with Gasteiger partial charge < -0.3 is 9.15 Å². The molecule has 2 aromatic rings. The number of rotatable bonds is 3. The van der Waals surface area contributed by atoms with Crippen LogP contribution in [0.3, 0.4) is 0 Å². The Morgan fingerprint density at radius 2 is 2.00 bits per heavy atom. The Hall–Kier alpha value is -1.61. The van der Waals surface area contributed by atoms with Crippen LogP contribution in [-0.4, -0.2) is 18.0 Å². The molecule has 0 fully saturated rings. The van der Waals surface area contributed by atoms with Crippen molar-refractivity contribution in [1.82, 2.24) is 0 Å². The largest absolute Gasteiger partial charge is 0.453 e. The molecule has 0 aliphatic carbocycles. The summed E-state index contributed by atoms with van der Waals surface area (Å²) in [7, 11) is 0. The maximum absolute atomic E-state index is 11.8. The fourth-order valence-electron chi connectivity index (χ4n) is 1.47. The van der Waals surface area contributed by atoms with E-state index in [-0.39, 0.29) is 18.0 Å². The summed E-state index contributed by atoms with van der Waals surface area (Å²) in [4.78, 5) is 11.8. The van der Waals surface area contributed by atoms with Crippen LogP contribution in [0.5, 0.6) is 0 Å². The van der Waals surface area contributed by atoms with Gasteiger partial charge in [0.1, 0.15) is 12.2 Å². The molecule has 1 aromatic carbocycles. The molecule has 17 heavy (non-hydrogen) atoms. The number of ketones is 1. The molecule has 0 amide bonds. The highest BCUT2D eigenvalue weighted by atomic mass is 16.5. The molecule has 3 nitrogen and oxygen atoms in total. The minimum absolute atomic E-state index is 0.0450. The summed E-state index contributed by atoms with van der Waals surface area (Å²) in [6.45, 7) is 5.79. The summed E-state index contributed by atoms with van der Waals surface area (Å²) in [5, 5.41) is 0.937. The van der Waals surface area contributed by atoms with Gasteiger partial charge in [0, 0.05) is 5.39 Å². The van der Waals surface area contributed by atoms with Crippen LogP contribution in [0.15, 0.2) is 34.7 Å². The van der Waals surface area contributed by atoms with Crippen molar-refractivity contribution >= 4 is 16.8 Å². The molecule has 0 radical (unpaired) electrons. The Labute approximate surface area is 100 Å². The van der Waals surface area contributed by atoms with Crippen molar-refractivity contribution in [3.8, 4) is 0 Å². The molecule has 0 spiro atoms. The van der Waals surface area contributed by atoms with Crippen LogP contribution in [-0.2, 0) is 4.74 Å². The van der Waals surface area contributed by atoms with E-state index in [2.05, 4.69) is 0 Å². The van der Waals surface area contributed by atoms with Crippen molar-refractivity contribution < 1.29 is 13.9 Å². The van der Waals surface area contributed by atoms with Gasteiger partial charge in [-0.05, 0) is 32.9 Å². The highest BCUT2D eigenvalue weighted by Crippen LogP contribution is 2.19. The van der Waals surface area contributed by atoms with E-state index in [1.165, 1.54) is 0 Å². The molecule has 90 valence electrons. The highest BCUT2D eigenvalue weighted by molar-refractivity contribution is 5.98. The summed E-state index contributed by atoms with van der Waals surface area (Å²) in [5.41, 5.74) is 0.411. The van der Waals surface area contributed by atoms with Crippen LogP contribution in [0.25, 0.3) is 11.0 Å². The topological polar surface area (TPSA) is 39.4 Å². The van der Waals surface area contributed by atoms with Crippen molar-refractivity contribution in [2.24, 2.45) is 0 Å². The first-order valence-electron chi connectivity index (χ1n) is 5.61. The lowest BCUT2D eigenvalue weighted by molar-refractivity contribution is 0.00213. The fourth-order valence-corrected chi connectivity index (χ4v) is 1.47. The van der Waals surface area contributed by atoms with Gasteiger partial charge in [0.05, 0.1) is 5.60 Å². The number of carbonyl (C=O) groups excluding carboxylic acids is 1. The average molecular weight is 232 g/mol. The minimum Gasteiger partial charge on any atom is -0.453 e. The molecule has 0 saturated carbocycles. The molecule has 1 heterocycles. The average Bonchev–Trinajstić information content (AvgIpc) is 2.68. The van der Waals surface area contributed by atoms with Crippen molar-refractivity contribution in [2.75, 3.05) is 6.61 Å². The van der Waals surface area contributed by atoms with Gasteiger partial charge >= 0.3 is 0 Å². The quantitative estimate of drug-likeness (QED) is 0.761. The van der Waals surface area contributed by atoms with Crippen LogP contribution in [0.2, 0.25) is 0 Å². The van der Waals surface area contributed by atoms with Gasteiger partial charge in [0.15, 0.2) is 5.76 Å². The SMILES string of the molecule is CC(C)(C)OCC(=O)c1cc2ccccc2o1. The second kappa shape index (κ2) is 4.34. The predicted molar refractivity (Wildman–Crippen MR) is 66.2 cm³/mol. The third-order valence-electron chi connectivity index (χ3n) is 2.34. The van der Waals surface area contributed by atoms with E-state index in [4.69, 9.17) is 9.15 Å². The molecule has 0 unspecified atom stereocenters. The number of fused-ring (bicyclic) bond motifs is 1. The summed E-state index contributed by atoms with van der Waals surface area (Å²) >= 11 is 0. The number of furan rings is 1. The van der Waals surface area contributed by atoms with Gasteiger partial charge in [-0.3, -0.25) is 4.79 Å². The molecule has 1 aromatic heterocycles. The van der Waals surface area contributed by atoms with E-state index in [0.29, 0.717) is 5.76 Å². The monoisotopic (exact) mass is 232 g/mol. The molecule has 0 aliphatic heterocycles. The molecular weight excluding hydrogens is 216 g/mol. The van der Waals surface area contributed by atoms with E-state index < -0.39 is 0 Å². The normalized spacial score (nSPS) is 11.9. The molecule has 0 atom stereocenters. The van der Waals surface area contributed by atoms with Crippen LogP contribution in [0.1, 0.15) is 31.3 Å². The van der Waals surface area contributed by atoms with Gasteiger partial charge in [-0.15, -0.1) is 0 Å². The zero-order chi connectivity index (χ0) is 12.5. The second-order valence-electron chi connectivity index (χ2n) is 4.97. The third kappa shape index (κ3) is 2.94. The summed E-state index contributed by atoms with van der Waals surface area (Å²) < 4.78 is 10.9. The first kappa shape index (κ1) is 11.9. The van der Waals surface area contributed by atoms with E-state index in [9.17, 15) is 4.79 Å². The van der Waals surface area contributed by atoms with Gasteiger partial charge in [0.2, 0.25) is 5.78 Å². The van der Waals surface area contributed by atoms with Gasteiger partial charge in [-0.25, -0.2) is 0 Å². The van der Waals surface area contributed by atoms with Crippen molar-refractivity contribution in [2.45, 2.75) is 26.4 Å². The smallest absolute Gasteiger partial charge is 0.223 e. The summed E-state index contributed by atoms with van der Waals surface area (Å²) in [6.07, 6.45) is 0. The van der Waals surface area contributed by atoms with Crippen molar-refractivity contribution in [3.63, 3.8) is 0 Å². The number of hydrogen-bond acceptors (Lipinski definition) is 3. The first-order valence-corrected chi connectivity index (χ1v) is 5.61. The maximum atomic E-state index is 11.8. The van der Waals surface area contributed by atoms with E-state index in [0.717, 1.165) is 11.0 Å². The lowest BCUT2D eigenvalue weighted by atomic mass is 10.2. The second-order valence-corrected chi connectivity index (χ2v) is 4.97. The number of para-hydroxylation sites is 1. The lowest BCUT2D eigenvalue weighted by Gasteiger charge is -2.18. The van der Waals surface area contributed by atoms with Crippen LogP contribution >= 0.6 is 0 Å². The van der Waals surface area contributed by atoms with Crippen LogP contribution < -0.4 is 0 Å². The number of hydrogen-bond donors (Lipinski definition) is 0. The van der Waals surface area contributed by atoms with E-state index in [1.807, 2.05) is 45.0 Å². The minimum atomic E-state index is -0.318. The van der Waals surface area contributed by atoms with Gasteiger partial charge in [-0.1, -0.05) is 18.2 Å². The van der Waals surface area contributed by atoms with Crippen LogP contribution in [0.4, 0.5) is 0 Å². The molecule has 0 saturated heterocycles. The van der Waals surface area contributed by atoms with Gasteiger partial charge in [-0.2, -0.15) is 0 Å². The number of benzene rings is 1. The Morgan fingerprint density at radius 1 is 1.29 bits per heavy atom.